The maximum Gasteiger partial charge on any atom is 0.234 e. The number of aliphatic hydroxyl groups is 1. The van der Waals surface area contributed by atoms with Crippen molar-refractivity contribution in [2.75, 3.05) is 13.6 Å². The molecular weight excluding hydrogens is 259 g/mol. The average Bonchev–Trinajstić information content (AvgIpc) is 2.37. The Bertz CT molecular complexity index is 451. The Balaban J connectivity index is 2.57. The Morgan fingerprint density at radius 1 is 1.40 bits per heavy atom. The van der Waals surface area contributed by atoms with E-state index in [1.807, 2.05) is 25.8 Å². The Morgan fingerprint density at radius 3 is 2.60 bits per heavy atom. The fourth-order valence-corrected chi connectivity index (χ4v) is 1.77. The van der Waals surface area contributed by atoms with Gasteiger partial charge in [-0.2, -0.15) is 0 Å². The molecule has 0 aromatic heterocycles. The fourth-order valence-electron chi connectivity index (χ4n) is 1.77. The van der Waals surface area contributed by atoms with Crippen LogP contribution in [0.5, 0.6) is 0 Å². The van der Waals surface area contributed by atoms with Gasteiger partial charge in [0.25, 0.3) is 0 Å². The molecule has 1 rings (SSSR count). The summed E-state index contributed by atoms with van der Waals surface area (Å²) in [4.78, 5) is 13.7. The lowest BCUT2D eigenvalue weighted by molar-refractivity contribution is -0.123. The molecule has 1 aromatic rings. The summed E-state index contributed by atoms with van der Waals surface area (Å²) in [6.45, 7) is 5.96. The lowest BCUT2D eigenvalue weighted by Crippen LogP contribution is -2.43. The summed E-state index contributed by atoms with van der Waals surface area (Å²) in [6, 6.07) is 5.55. The molecule has 2 unspecified atom stereocenters. The van der Waals surface area contributed by atoms with Gasteiger partial charge in [-0.05, 0) is 45.5 Å². The Hall–Kier alpha value is -1.46. The SMILES string of the molecule is CC(NC(=O)CN(C)C(C)C)C(O)c1cccc(F)c1. The molecule has 2 atom stereocenters. The van der Waals surface area contributed by atoms with Crippen LogP contribution in [0.4, 0.5) is 4.39 Å². The van der Waals surface area contributed by atoms with E-state index < -0.39 is 18.0 Å². The van der Waals surface area contributed by atoms with Crippen LogP contribution in [0.2, 0.25) is 0 Å². The molecule has 20 heavy (non-hydrogen) atoms. The maximum atomic E-state index is 13.1. The highest BCUT2D eigenvalue weighted by Crippen LogP contribution is 2.17. The number of nitrogens with one attached hydrogen (secondary N) is 1. The van der Waals surface area contributed by atoms with Crippen LogP contribution in [-0.4, -0.2) is 41.6 Å². The number of aliphatic hydroxyl groups excluding tert-OH is 1. The number of benzene rings is 1. The number of nitrogens with zero attached hydrogens (tertiary/aromatic N) is 1. The monoisotopic (exact) mass is 282 g/mol. The van der Waals surface area contributed by atoms with Gasteiger partial charge in [0.2, 0.25) is 5.91 Å². The van der Waals surface area contributed by atoms with Gasteiger partial charge >= 0.3 is 0 Å². The number of carbonyl (C=O) groups excluding carboxylic acids is 1. The van der Waals surface area contributed by atoms with Crippen molar-refractivity contribution in [1.29, 1.82) is 0 Å². The molecule has 2 N–H and O–H groups in total. The fraction of sp³-hybridized carbons (Fsp3) is 0.533. The molecule has 0 saturated heterocycles. The summed E-state index contributed by atoms with van der Waals surface area (Å²) in [5.74, 6) is -0.566. The van der Waals surface area contributed by atoms with Crippen LogP contribution in [-0.2, 0) is 4.79 Å². The third-order valence-electron chi connectivity index (χ3n) is 3.33. The number of rotatable bonds is 6. The first-order valence-corrected chi connectivity index (χ1v) is 6.74. The summed E-state index contributed by atoms with van der Waals surface area (Å²) >= 11 is 0. The summed E-state index contributed by atoms with van der Waals surface area (Å²) in [5, 5.41) is 12.8. The van der Waals surface area contributed by atoms with Gasteiger partial charge in [-0.1, -0.05) is 12.1 Å². The van der Waals surface area contributed by atoms with Crippen LogP contribution < -0.4 is 5.32 Å². The Labute approximate surface area is 119 Å². The molecule has 0 aliphatic heterocycles. The van der Waals surface area contributed by atoms with Crippen molar-refractivity contribution in [2.24, 2.45) is 0 Å². The molecule has 0 aliphatic carbocycles. The number of likely N-dealkylation sites (N-methyl/N-ethyl adjacent to an activating group) is 1. The second-order valence-corrected chi connectivity index (χ2v) is 5.36. The molecule has 0 saturated carbocycles. The van der Waals surface area contributed by atoms with Crippen molar-refractivity contribution < 1.29 is 14.3 Å². The van der Waals surface area contributed by atoms with Gasteiger partial charge in [0.1, 0.15) is 5.82 Å². The minimum atomic E-state index is -0.931. The van der Waals surface area contributed by atoms with E-state index >= 15 is 0 Å². The van der Waals surface area contributed by atoms with Crippen LogP contribution >= 0.6 is 0 Å². The van der Waals surface area contributed by atoms with Gasteiger partial charge < -0.3 is 10.4 Å². The van der Waals surface area contributed by atoms with Gasteiger partial charge in [0, 0.05) is 6.04 Å². The largest absolute Gasteiger partial charge is 0.386 e. The normalized spacial score (nSPS) is 14.4. The Morgan fingerprint density at radius 2 is 2.05 bits per heavy atom. The molecule has 1 aromatic carbocycles. The molecule has 0 spiro atoms. The van der Waals surface area contributed by atoms with Crippen molar-refractivity contribution >= 4 is 5.91 Å². The molecule has 0 heterocycles. The predicted octanol–water partition coefficient (Wildman–Crippen LogP) is 1.70. The van der Waals surface area contributed by atoms with Crippen molar-refractivity contribution in [3.05, 3.63) is 35.6 Å². The summed E-state index contributed by atoms with van der Waals surface area (Å²) in [6.07, 6.45) is -0.931. The quantitative estimate of drug-likeness (QED) is 0.835. The number of hydrogen-bond donors (Lipinski definition) is 2. The van der Waals surface area contributed by atoms with Gasteiger partial charge in [0.15, 0.2) is 0 Å². The van der Waals surface area contributed by atoms with Crippen LogP contribution in [0.1, 0.15) is 32.4 Å². The van der Waals surface area contributed by atoms with Gasteiger partial charge in [-0.25, -0.2) is 4.39 Å². The lowest BCUT2D eigenvalue weighted by Gasteiger charge is -2.24. The Kier molecular flexibility index (Phi) is 6.10. The highest BCUT2D eigenvalue weighted by molar-refractivity contribution is 5.78. The van der Waals surface area contributed by atoms with E-state index in [1.54, 1.807) is 13.0 Å². The summed E-state index contributed by atoms with van der Waals surface area (Å²) in [5.41, 5.74) is 0.454. The molecule has 1 amide bonds. The van der Waals surface area contributed by atoms with Crippen molar-refractivity contribution in [3.63, 3.8) is 0 Å². The standard InChI is InChI=1S/C15H23FN2O2/c1-10(2)18(4)9-14(19)17-11(3)15(20)12-6-5-7-13(16)8-12/h5-8,10-11,15,20H,9H2,1-4H3,(H,17,19). The molecule has 4 nitrogen and oxygen atoms in total. The molecule has 0 fully saturated rings. The van der Waals surface area contributed by atoms with Crippen molar-refractivity contribution in [1.82, 2.24) is 10.2 Å². The van der Waals surface area contributed by atoms with Gasteiger partial charge in [-0.15, -0.1) is 0 Å². The second-order valence-electron chi connectivity index (χ2n) is 5.36. The van der Waals surface area contributed by atoms with E-state index in [-0.39, 0.29) is 18.5 Å². The average molecular weight is 282 g/mol. The maximum absolute atomic E-state index is 13.1. The van der Waals surface area contributed by atoms with Crippen molar-refractivity contribution in [3.8, 4) is 0 Å². The molecule has 5 heteroatoms. The number of carbonyl (C=O) groups is 1. The zero-order valence-corrected chi connectivity index (χ0v) is 12.4. The number of amides is 1. The lowest BCUT2D eigenvalue weighted by atomic mass is 10.0. The van der Waals surface area contributed by atoms with Crippen LogP contribution in [0.3, 0.4) is 0 Å². The zero-order valence-electron chi connectivity index (χ0n) is 12.4. The summed E-state index contributed by atoms with van der Waals surface area (Å²) < 4.78 is 13.1. The predicted molar refractivity (Wildman–Crippen MR) is 76.7 cm³/mol. The van der Waals surface area contributed by atoms with Crippen LogP contribution in [0.25, 0.3) is 0 Å². The highest BCUT2D eigenvalue weighted by Gasteiger charge is 2.19. The first-order chi connectivity index (χ1) is 9.31. The zero-order chi connectivity index (χ0) is 15.3. The molecule has 0 radical (unpaired) electrons. The summed E-state index contributed by atoms with van der Waals surface area (Å²) in [7, 11) is 1.86. The number of halogens is 1. The topological polar surface area (TPSA) is 52.6 Å². The van der Waals surface area contributed by atoms with E-state index in [0.717, 1.165) is 0 Å². The highest BCUT2D eigenvalue weighted by atomic mass is 19.1. The van der Waals surface area contributed by atoms with Gasteiger partial charge in [-0.3, -0.25) is 9.69 Å². The van der Waals surface area contributed by atoms with E-state index in [9.17, 15) is 14.3 Å². The first kappa shape index (κ1) is 16.6. The third kappa shape index (κ3) is 4.90. The van der Waals surface area contributed by atoms with E-state index in [2.05, 4.69) is 5.32 Å². The minimum absolute atomic E-state index is 0.163. The number of hydrogen-bond acceptors (Lipinski definition) is 3. The van der Waals surface area contributed by atoms with Gasteiger partial charge in [0.05, 0.1) is 18.7 Å². The molecular formula is C15H23FN2O2. The van der Waals surface area contributed by atoms with Crippen LogP contribution in [0.15, 0.2) is 24.3 Å². The smallest absolute Gasteiger partial charge is 0.234 e. The van der Waals surface area contributed by atoms with Crippen molar-refractivity contribution in [2.45, 2.75) is 39.0 Å². The molecule has 0 bridgehead atoms. The first-order valence-electron chi connectivity index (χ1n) is 6.74. The van der Waals surface area contributed by atoms with E-state index in [0.29, 0.717) is 5.56 Å². The van der Waals surface area contributed by atoms with E-state index in [4.69, 9.17) is 0 Å². The third-order valence-corrected chi connectivity index (χ3v) is 3.33. The van der Waals surface area contributed by atoms with Crippen LogP contribution in [0, 0.1) is 5.82 Å². The molecule has 112 valence electrons. The van der Waals surface area contributed by atoms with E-state index in [1.165, 1.54) is 18.2 Å². The second kappa shape index (κ2) is 7.36. The minimum Gasteiger partial charge on any atom is -0.386 e. The molecule has 0 aliphatic rings.